The van der Waals surface area contributed by atoms with Crippen LogP contribution in [0, 0.1) is 0 Å². The van der Waals surface area contributed by atoms with Crippen molar-refractivity contribution in [2.24, 2.45) is 7.05 Å². The Balaban J connectivity index is 1.08. The molecule has 1 atom stereocenters. The lowest BCUT2D eigenvalue weighted by molar-refractivity contribution is 0.0586. The highest BCUT2D eigenvalue weighted by atomic mass is 16.4. The van der Waals surface area contributed by atoms with E-state index in [1.165, 1.54) is 15.6 Å². The Bertz CT molecular complexity index is 1930. The van der Waals surface area contributed by atoms with E-state index in [-0.39, 0.29) is 11.9 Å². The molecule has 2 aromatic carbocycles. The smallest absolute Gasteiger partial charge is 0.423 e. The van der Waals surface area contributed by atoms with Crippen LogP contribution in [0.1, 0.15) is 27.9 Å². The summed E-state index contributed by atoms with van der Waals surface area (Å²) < 4.78 is 12.2. The highest BCUT2D eigenvalue weighted by Gasteiger charge is 2.31. The molecule has 210 valence electrons. The highest BCUT2D eigenvalue weighted by Crippen LogP contribution is 2.28. The van der Waals surface area contributed by atoms with E-state index in [4.69, 9.17) is 8.83 Å². The van der Waals surface area contributed by atoms with Gasteiger partial charge in [-0.25, -0.2) is 14.3 Å². The SMILES string of the molecule is Cn1nnc(C(c2ccccc2)N2CCN(C(=O)c3cc(-c4nc5cc(-n6ccoc6=O)ccc5o4)ccn3)CC2)n1. The summed E-state index contributed by atoms with van der Waals surface area (Å²) in [6.45, 7) is 2.31. The number of benzene rings is 2. The number of oxazole rings is 2. The molecule has 1 amide bonds. The van der Waals surface area contributed by atoms with Gasteiger partial charge in [-0.15, -0.1) is 10.2 Å². The number of pyridine rings is 1. The summed E-state index contributed by atoms with van der Waals surface area (Å²) in [5, 5.41) is 12.8. The van der Waals surface area contributed by atoms with Crippen LogP contribution in [0.4, 0.5) is 0 Å². The van der Waals surface area contributed by atoms with Crippen molar-refractivity contribution < 1.29 is 13.6 Å². The van der Waals surface area contributed by atoms with Crippen molar-refractivity contribution in [3.8, 4) is 17.1 Å². The number of piperazine rings is 1. The minimum absolute atomic E-state index is 0.162. The van der Waals surface area contributed by atoms with Crippen LogP contribution in [-0.4, -0.2) is 76.6 Å². The monoisotopic (exact) mass is 563 g/mol. The molecule has 0 N–H and O–H groups in total. The fourth-order valence-corrected chi connectivity index (χ4v) is 5.24. The van der Waals surface area contributed by atoms with E-state index in [0.29, 0.717) is 65.9 Å². The molecule has 1 unspecified atom stereocenters. The molecule has 0 aliphatic carbocycles. The summed E-state index contributed by atoms with van der Waals surface area (Å²) >= 11 is 0. The van der Waals surface area contributed by atoms with Gasteiger partial charge in [0.05, 0.1) is 25.0 Å². The van der Waals surface area contributed by atoms with E-state index in [0.717, 1.165) is 5.56 Å². The maximum Gasteiger partial charge on any atom is 0.423 e. The fraction of sp³-hybridized carbons (Fsp3) is 0.207. The molecular weight excluding hydrogens is 538 g/mol. The summed E-state index contributed by atoms with van der Waals surface area (Å²) in [6, 6.07) is 18.6. The second-order valence-corrected chi connectivity index (χ2v) is 9.92. The zero-order valence-corrected chi connectivity index (χ0v) is 22.6. The first kappa shape index (κ1) is 25.5. The van der Waals surface area contributed by atoms with Crippen LogP contribution in [-0.2, 0) is 7.05 Å². The van der Waals surface area contributed by atoms with Gasteiger partial charge in [0.15, 0.2) is 11.4 Å². The normalized spacial score (nSPS) is 14.8. The predicted molar refractivity (Wildman–Crippen MR) is 150 cm³/mol. The Labute approximate surface area is 238 Å². The van der Waals surface area contributed by atoms with Crippen molar-refractivity contribution in [2.75, 3.05) is 26.2 Å². The largest absolute Gasteiger partial charge is 0.436 e. The second-order valence-electron chi connectivity index (χ2n) is 9.92. The molecule has 1 aliphatic rings. The van der Waals surface area contributed by atoms with Crippen molar-refractivity contribution in [2.45, 2.75) is 6.04 Å². The van der Waals surface area contributed by atoms with Gasteiger partial charge in [-0.2, -0.15) is 4.80 Å². The van der Waals surface area contributed by atoms with Gasteiger partial charge in [-0.05, 0) is 41.1 Å². The molecule has 7 rings (SSSR count). The lowest BCUT2D eigenvalue weighted by Gasteiger charge is -2.38. The number of hydrogen-bond acceptors (Lipinski definition) is 10. The topological polar surface area (TPSA) is 141 Å². The first-order chi connectivity index (χ1) is 20.5. The second kappa shape index (κ2) is 10.5. The van der Waals surface area contributed by atoms with Gasteiger partial charge in [0.2, 0.25) is 5.89 Å². The van der Waals surface area contributed by atoms with Crippen molar-refractivity contribution in [3.63, 3.8) is 0 Å². The zero-order valence-electron chi connectivity index (χ0n) is 22.6. The minimum Gasteiger partial charge on any atom is -0.436 e. The Hall–Kier alpha value is -5.43. The quantitative estimate of drug-likeness (QED) is 0.297. The van der Waals surface area contributed by atoms with Crippen molar-refractivity contribution in [3.05, 3.63) is 107 Å². The van der Waals surface area contributed by atoms with E-state index in [2.05, 4.69) is 42.4 Å². The van der Waals surface area contributed by atoms with Crippen molar-refractivity contribution >= 4 is 17.0 Å². The van der Waals surface area contributed by atoms with Gasteiger partial charge < -0.3 is 13.7 Å². The summed E-state index contributed by atoms with van der Waals surface area (Å²) in [5.74, 6) is 0.325. The fourth-order valence-electron chi connectivity index (χ4n) is 5.24. The van der Waals surface area contributed by atoms with Crippen LogP contribution in [0.25, 0.3) is 28.2 Å². The number of tetrazole rings is 1. The Morgan fingerprint density at radius 2 is 1.83 bits per heavy atom. The van der Waals surface area contributed by atoms with Gasteiger partial charge >= 0.3 is 5.76 Å². The molecule has 0 saturated carbocycles. The number of aromatic nitrogens is 7. The van der Waals surface area contributed by atoms with Crippen LogP contribution in [0.3, 0.4) is 0 Å². The zero-order chi connectivity index (χ0) is 28.6. The molecule has 0 radical (unpaired) electrons. The van der Waals surface area contributed by atoms with Gasteiger partial charge in [0, 0.05) is 37.9 Å². The lowest BCUT2D eigenvalue weighted by Crippen LogP contribution is -2.50. The van der Waals surface area contributed by atoms with Gasteiger partial charge in [-0.1, -0.05) is 30.3 Å². The van der Waals surface area contributed by atoms with E-state index < -0.39 is 5.76 Å². The molecule has 0 spiro atoms. The number of carbonyl (C=O) groups is 1. The summed E-state index contributed by atoms with van der Waals surface area (Å²) in [6.07, 6.45) is 4.45. The molecule has 42 heavy (non-hydrogen) atoms. The number of fused-ring (bicyclic) bond motifs is 1. The van der Waals surface area contributed by atoms with Gasteiger partial charge in [0.25, 0.3) is 5.91 Å². The first-order valence-corrected chi connectivity index (χ1v) is 13.4. The summed E-state index contributed by atoms with van der Waals surface area (Å²) in [5.41, 5.74) is 3.74. The maximum absolute atomic E-state index is 13.5. The molecule has 0 bridgehead atoms. The number of nitrogens with zero attached hydrogens (tertiary/aromatic N) is 9. The van der Waals surface area contributed by atoms with Crippen LogP contribution in [0.15, 0.2) is 92.9 Å². The number of aryl methyl sites for hydroxylation is 1. The Morgan fingerprint density at radius 3 is 2.57 bits per heavy atom. The third-order valence-electron chi connectivity index (χ3n) is 7.30. The molecule has 1 aliphatic heterocycles. The average Bonchev–Trinajstić information content (AvgIpc) is 3.77. The standard InChI is InChI=1S/C29H25N9O4/c1-35-33-26(32-34-35)25(19-5-3-2-4-6-19)36-11-13-37(14-12-36)28(39)23-17-20(9-10-30-23)27-31-22-18-21(7-8-24(22)42-27)38-15-16-41-29(38)40/h2-10,15-18,25H,11-14H2,1H3. The number of hydrogen-bond donors (Lipinski definition) is 0. The van der Waals surface area contributed by atoms with Crippen molar-refractivity contribution in [1.82, 2.24) is 44.5 Å². The van der Waals surface area contributed by atoms with Crippen LogP contribution < -0.4 is 5.76 Å². The maximum atomic E-state index is 13.5. The van der Waals surface area contributed by atoms with Crippen molar-refractivity contribution in [1.29, 1.82) is 0 Å². The van der Waals surface area contributed by atoms with Crippen LogP contribution in [0.5, 0.6) is 0 Å². The third-order valence-corrected chi connectivity index (χ3v) is 7.30. The summed E-state index contributed by atoms with van der Waals surface area (Å²) in [7, 11) is 1.75. The highest BCUT2D eigenvalue weighted by molar-refractivity contribution is 5.93. The van der Waals surface area contributed by atoms with E-state index in [1.807, 2.05) is 18.2 Å². The molecule has 13 heteroatoms. The van der Waals surface area contributed by atoms with E-state index >= 15 is 0 Å². The molecular formula is C29H25N9O4. The molecule has 1 fully saturated rings. The third kappa shape index (κ3) is 4.75. The molecule has 4 aromatic heterocycles. The van der Waals surface area contributed by atoms with Gasteiger partial charge in [-0.3, -0.25) is 14.7 Å². The van der Waals surface area contributed by atoms with Crippen LogP contribution in [0.2, 0.25) is 0 Å². The molecule has 6 aromatic rings. The average molecular weight is 564 g/mol. The number of carbonyl (C=O) groups excluding carboxylic acids is 1. The van der Waals surface area contributed by atoms with Gasteiger partial charge in [0.1, 0.15) is 17.5 Å². The summed E-state index contributed by atoms with van der Waals surface area (Å²) in [4.78, 5) is 39.9. The predicted octanol–water partition coefficient (Wildman–Crippen LogP) is 2.70. The van der Waals surface area contributed by atoms with E-state index in [9.17, 15) is 9.59 Å². The minimum atomic E-state index is -0.489. The number of amides is 1. The van der Waals surface area contributed by atoms with E-state index in [1.54, 1.807) is 54.7 Å². The van der Waals surface area contributed by atoms with Crippen LogP contribution >= 0.6 is 0 Å². The lowest BCUT2D eigenvalue weighted by atomic mass is 10.0. The first-order valence-electron chi connectivity index (χ1n) is 13.4. The Kier molecular flexibility index (Phi) is 6.39. The number of rotatable bonds is 6. The molecule has 13 nitrogen and oxygen atoms in total. The molecule has 1 saturated heterocycles. The Morgan fingerprint density at radius 1 is 1.00 bits per heavy atom. The molecule has 5 heterocycles.